The molecule has 1 aliphatic heterocycles. The van der Waals surface area contributed by atoms with Gasteiger partial charge in [0.15, 0.2) is 0 Å². The molecular formula is C23H28N4O2. The van der Waals surface area contributed by atoms with Crippen molar-refractivity contribution in [2.45, 2.75) is 51.3 Å². The first-order chi connectivity index (χ1) is 13.9. The van der Waals surface area contributed by atoms with Crippen LogP contribution in [0.4, 0.5) is 4.79 Å². The lowest BCUT2D eigenvalue weighted by Gasteiger charge is -2.38. The highest BCUT2D eigenvalue weighted by molar-refractivity contribution is 5.68. The number of hydrogen-bond donors (Lipinski definition) is 1. The lowest BCUT2D eigenvalue weighted by Crippen LogP contribution is -2.47. The zero-order chi connectivity index (χ0) is 20.9. The third kappa shape index (κ3) is 5.78. The van der Waals surface area contributed by atoms with Crippen LogP contribution >= 0.6 is 0 Å². The van der Waals surface area contributed by atoms with Gasteiger partial charge in [0.2, 0.25) is 0 Å². The summed E-state index contributed by atoms with van der Waals surface area (Å²) in [5, 5.41) is 12.1. The molecule has 1 unspecified atom stereocenters. The van der Waals surface area contributed by atoms with Crippen LogP contribution in [-0.2, 0) is 4.74 Å². The average Bonchev–Trinajstić information content (AvgIpc) is 2.69. The molecule has 0 saturated carbocycles. The van der Waals surface area contributed by atoms with E-state index < -0.39 is 5.60 Å². The summed E-state index contributed by atoms with van der Waals surface area (Å²) in [6, 6.07) is 14.1. The van der Waals surface area contributed by atoms with Crippen molar-refractivity contribution in [2.75, 3.05) is 13.1 Å². The van der Waals surface area contributed by atoms with Crippen molar-refractivity contribution in [1.82, 2.24) is 15.2 Å². The molecule has 1 N–H and O–H groups in total. The van der Waals surface area contributed by atoms with Gasteiger partial charge in [-0.25, -0.2) is 4.79 Å². The molecule has 0 spiro atoms. The third-order valence-corrected chi connectivity index (χ3v) is 4.97. The highest BCUT2D eigenvalue weighted by atomic mass is 16.6. The molecule has 1 aromatic heterocycles. The molecular weight excluding hydrogens is 364 g/mol. The van der Waals surface area contributed by atoms with Crippen LogP contribution in [0.25, 0.3) is 0 Å². The zero-order valence-corrected chi connectivity index (χ0v) is 17.3. The van der Waals surface area contributed by atoms with E-state index in [0.717, 1.165) is 37.1 Å². The van der Waals surface area contributed by atoms with Crippen LogP contribution < -0.4 is 5.32 Å². The SMILES string of the molecule is CC(C)(C)OC(=O)NC1CCN(C(c2ccc(C#N)cc2)c2cccnc2)CC1. The van der Waals surface area contributed by atoms with Crippen molar-refractivity contribution in [3.63, 3.8) is 0 Å². The standard InChI is InChI=1S/C23H28N4O2/c1-23(2,3)29-22(28)26-20-10-13-27(14-11-20)21(19-5-4-12-25-16-19)18-8-6-17(15-24)7-9-18/h4-9,12,16,20-21H,10-11,13-14H2,1-3H3,(H,26,28). The van der Waals surface area contributed by atoms with Crippen LogP contribution in [0.1, 0.15) is 56.3 Å². The number of carbonyl (C=O) groups excluding carboxylic acids is 1. The largest absolute Gasteiger partial charge is 0.444 e. The fourth-order valence-corrected chi connectivity index (χ4v) is 3.67. The third-order valence-electron chi connectivity index (χ3n) is 4.97. The van der Waals surface area contributed by atoms with Crippen molar-refractivity contribution in [3.05, 3.63) is 65.5 Å². The first-order valence-electron chi connectivity index (χ1n) is 9.99. The average molecular weight is 393 g/mol. The van der Waals surface area contributed by atoms with Gasteiger partial charge in [-0.3, -0.25) is 9.88 Å². The Morgan fingerprint density at radius 1 is 1.21 bits per heavy atom. The van der Waals surface area contributed by atoms with E-state index in [4.69, 9.17) is 10.00 Å². The Morgan fingerprint density at radius 3 is 2.45 bits per heavy atom. The van der Waals surface area contributed by atoms with Crippen LogP contribution in [0.2, 0.25) is 0 Å². The van der Waals surface area contributed by atoms with E-state index in [0.29, 0.717) is 5.56 Å². The van der Waals surface area contributed by atoms with Crippen LogP contribution in [-0.4, -0.2) is 40.7 Å². The fraction of sp³-hybridized carbons (Fsp3) is 0.435. The summed E-state index contributed by atoms with van der Waals surface area (Å²) in [5.74, 6) is 0. The van der Waals surface area contributed by atoms with E-state index in [-0.39, 0.29) is 18.2 Å². The summed E-state index contributed by atoms with van der Waals surface area (Å²) in [6.45, 7) is 7.29. The molecule has 1 aliphatic rings. The molecule has 0 aliphatic carbocycles. The molecule has 29 heavy (non-hydrogen) atoms. The summed E-state index contributed by atoms with van der Waals surface area (Å²) in [4.78, 5) is 18.8. The molecule has 6 nitrogen and oxygen atoms in total. The van der Waals surface area contributed by atoms with Crippen molar-refractivity contribution in [1.29, 1.82) is 5.26 Å². The molecule has 1 aromatic carbocycles. The van der Waals surface area contributed by atoms with Gasteiger partial charge < -0.3 is 10.1 Å². The Morgan fingerprint density at radius 2 is 1.90 bits per heavy atom. The number of hydrogen-bond acceptors (Lipinski definition) is 5. The Bertz CT molecular complexity index is 845. The zero-order valence-electron chi connectivity index (χ0n) is 17.3. The fourth-order valence-electron chi connectivity index (χ4n) is 3.67. The number of benzene rings is 1. The number of rotatable bonds is 4. The normalized spacial score (nSPS) is 16.6. The maximum Gasteiger partial charge on any atom is 0.407 e. The Kier molecular flexibility index (Phi) is 6.50. The number of carbonyl (C=O) groups is 1. The van der Waals surface area contributed by atoms with E-state index in [9.17, 15) is 4.79 Å². The van der Waals surface area contributed by atoms with Gasteiger partial charge in [0.05, 0.1) is 17.7 Å². The molecule has 3 rings (SSSR count). The van der Waals surface area contributed by atoms with Crippen molar-refractivity contribution >= 4 is 6.09 Å². The lowest BCUT2D eigenvalue weighted by atomic mass is 9.94. The number of nitriles is 1. The number of nitrogens with zero attached hydrogens (tertiary/aromatic N) is 3. The lowest BCUT2D eigenvalue weighted by molar-refractivity contribution is 0.0472. The summed E-state index contributed by atoms with van der Waals surface area (Å²) in [5.41, 5.74) is 2.41. The number of aromatic nitrogens is 1. The Hall–Kier alpha value is -2.91. The van der Waals surface area contributed by atoms with Crippen molar-refractivity contribution in [3.8, 4) is 6.07 Å². The number of likely N-dealkylation sites (tertiary alicyclic amines) is 1. The first-order valence-corrected chi connectivity index (χ1v) is 9.99. The quantitative estimate of drug-likeness (QED) is 0.850. The monoisotopic (exact) mass is 392 g/mol. The first kappa shape index (κ1) is 20.8. The summed E-state index contributed by atoms with van der Waals surface area (Å²) < 4.78 is 5.38. The number of amides is 1. The second-order valence-corrected chi connectivity index (χ2v) is 8.38. The van der Waals surface area contributed by atoms with Crippen LogP contribution in [0, 0.1) is 11.3 Å². The molecule has 1 amide bonds. The molecule has 0 radical (unpaired) electrons. The number of nitrogens with one attached hydrogen (secondary N) is 1. The molecule has 2 heterocycles. The van der Waals surface area contributed by atoms with Gasteiger partial charge in [0.1, 0.15) is 5.60 Å². The minimum atomic E-state index is -0.494. The molecule has 6 heteroatoms. The number of alkyl carbamates (subject to hydrolysis) is 1. The van der Waals surface area contributed by atoms with Gasteiger partial charge in [0.25, 0.3) is 0 Å². The smallest absolute Gasteiger partial charge is 0.407 e. The molecule has 152 valence electrons. The maximum absolute atomic E-state index is 12.1. The highest BCUT2D eigenvalue weighted by Gasteiger charge is 2.29. The van der Waals surface area contributed by atoms with Gasteiger partial charge in [-0.15, -0.1) is 0 Å². The predicted octanol–water partition coefficient (Wildman–Crippen LogP) is 4.03. The molecule has 2 aromatic rings. The van der Waals surface area contributed by atoms with Gasteiger partial charge in [-0.05, 0) is 62.9 Å². The second-order valence-electron chi connectivity index (χ2n) is 8.38. The molecule has 1 atom stereocenters. The topological polar surface area (TPSA) is 78.2 Å². The minimum Gasteiger partial charge on any atom is -0.444 e. The number of pyridine rings is 1. The summed E-state index contributed by atoms with van der Waals surface area (Å²) in [6.07, 6.45) is 5.02. The van der Waals surface area contributed by atoms with E-state index in [1.165, 1.54) is 0 Å². The van der Waals surface area contributed by atoms with E-state index in [2.05, 4.69) is 27.3 Å². The van der Waals surface area contributed by atoms with Crippen molar-refractivity contribution < 1.29 is 9.53 Å². The summed E-state index contributed by atoms with van der Waals surface area (Å²) in [7, 11) is 0. The molecule has 0 bridgehead atoms. The van der Waals surface area contributed by atoms with E-state index in [1.807, 2.05) is 57.3 Å². The Labute approximate surface area is 172 Å². The molecule has 1 saturated heterocycles. The van der Waals surface area contributed by atoms with E-state index >= 15 is 0 Å². The van der Waals surface area contributed by atoms with Crippen molar-refractivity contribution in [2.24, 2.45) is 0 Å². The molecule has 1 fully saturated rings. The van der Waals surface area contributed by atoms with Gasteiger partial charge >= 0.3 is 6.09 Å². The summed E-state index contributed by atoms with van der Waals surface area (Å²) >= 11 is 0. The van der Waals surface area contributed by atoms with Gasteiger partial charge in [-0.1, -0.05) is 18.2 Å². The number of ether oxygens (including phenoxy) is 1. The minimum absolute atomic E-state index is 0.0684. The second kappa shape index (κ2) is 9.06. The predicted molar refractivity (Wildman–Crippen MR) is 111 cm³/mol. The van der Waals surface area contributed by atoms with Crippen LogP contribution in [0.3, 0.4) is 0 Å². The Balaban J connectivity index is 1.70. The number of piperidine rings is 1. The van der Waals surface area contributed by atoms with Gasteiger partial charge in [0, 0.05) is 31.5 Å². The van der Waals surface area contributed by atoms with E-state index in [1.54, 1.807) is 6.20 Å². The highest BCUT2D eigenvalue weighted by Crippen LogP contribution is 2.31. The van der Waals surface area contributed by atoms with Crippen LogP contribution in [0.15, 0.2) is 48.8 Å². The maximum atomic E-state index is 12.1. The van der Waals surface area contributed by atoms with Crippen LogP contribution in [0.5, 0.6) is 0 Å². The van der Waals surface area contributed by atoms with Gasteiger partial charge in [-0.2, -0.15) is 5.26 Å².